The standard InChI is InChI=1S/C24H31FO6/c1-21(2)30-19-9-14-13-8-16(25)15-7-12(27)5-6-22(15,3)20(13)17(28)10-23(14,4)24(19,31-21)18(29)11-26/h5-7,13-14,16-17,19-20,26,28H,8-11H2,1-4H3/t13-,14-,16-,17-,19?,20+,22-,23-,24?/m0/s1. The molecule has 0 bridgehead atoms. The van der Waals surface area contributed by atoms with Crippen molar-refractivity contribution in [2.24, 2.45) is 28.6 Å². The molecule has 1 saturated heterocycles. The molecule has 6 nitrogen and oxygen atoms in total. The zero-order valence-electron chi connectivity index (χ0n) is 18.4. The minimum Gasteiger partial charge on any atom is -0.393 e. The molecule has 5 aliphatic rings. The van der Waals surface area contributed by atoms with Gasteiger partial charge in [0.25, 0.3) is 0 Å². The molecule has 0 aromatic rings. The summed E-state index contributed by atoms with van der Waals surface area (Å²) in [5.41, 5.74) is -2.50. The SMILES string of the molecule is CC1(C)OC2C[C@H]3[C@@H]4C[C@H](F)C5=CC(=O)C=C[C@]5(C)[C@H]4[C@@H](O)C[C@]3(C)C2(C(=O)CO)O1. The molecule has 0 amide bonds. The Kier molecular flexibility index (Phi) is 4.38. The van der Waals surface area contributed by atoms with Gasteiger partial charge in [-0.15, -0.1) is 0 Å². The van der Waals surface area contributed by atoms with Crippen molar-refractivity contribution in [3.8, 4) is 0 Å². The van der Waals surface area contributed by atoms with Crippen LogP contribution in [0.15, 0.2) is 23.8 Å². The van der Waals surface area contributed by atoms with Crippen LogP contribution in [-0.4, -0.2) is 58.2 Å². The Balaban J connectivity index is 1.62. The molecule has 7 heteroatoms. The van der Waals surface area contributed by atoms with E-state index in [1.165, 1.54) is 12.2 Å². The normalized spacial score (nSPS) is 52.1. The molecule has 4 fully saturated rings. The number of rotatable bonds is 2. The Labute approximate surface area is 181 Å². The topological polar surface area (TPSA) is 93.1 Å². The van der Waals surface area contributed by atoms with Crippen LogP contribution in [0, 0.1) is 28.6 Å². The number of fused-ring (bicyclic) bond motifs is 7. The molecule has 4 aliphatic carbocycles. The van der Waals surface area contributed by atoms with Crippen molar-refractivity contribution in [1.29, 1.82) is 0 Å². The average Bonchev–Trinajstić information content (AvgIpc) is 3.08. The molecule has 9 atom stereocenters. The average molecular weight is 435 g/mol. The van der Waals surface area contributed by atoms with Crippen LogP contribution < -0.4 is 0 Å². The Morgan fingerprint density at radius 2 is 1.97 bits per heavy atom. The third-order valence-electron chi connectivity index (χ3n) is 9.03. The van der Waals surface area contributed by atoms with Crippen LogP contribution in [0.2, 0.25) is 0 Å². The number of Topliss-reactive ketones (excluding diaryl/α,β-unsaturated/α-hetero) is 1. The molecular weight excluding hydrogens is 403 g/mol. The second-order valence-corrected chi connectivity index (χ2v) is 11.0. The van der Waals surface area contributed by atoms with E-state index in [-0.39, 0.29) is 36.4 Å². The van der Waals surface area contributed by atoms with E-state index in [0.29, 0.717) is 12.0 Å². The van der Waals surface area contributed by atoms with Gasteiger partial charge in [0, 0.05) is 16.7 Å². The smallest absolute Gasteiger partial charge is 0.193 e. The van der Waals surface area contributed by atoms with Crippen molar-refractivity contribution < 1.29 is 33.7 Å². The van der Waals surface area contributed by atoms with E-state index in [1.807, 2.05) is 13.8 Å². The van der Waals surface area contributed by atoms with E-state index in [9.17, 15) is 19.8 Å². The third-order valence-corrected chi connectivity index (χ3v) is 9.03. The molecule has 2 N–H and O–H groups in total. The molecule has 5 rings (SSSR count). The maximum atomic E-state index is 15.4. The van der Waals surface area contributed by atoms with Gasteiger partial charge >= 0.3 is 0 Å². The Morgan fingerprint density at radius 3 is 2.65 bits per heavy atom. The van der Waals surface area contributed by atoms with Crippen LogP contribution in [0.1, 0.15) is 47.0 Å². The summed E-state index contributed by atoms with van der Waals surface area (Å²) in [5, 5.41) is 21.3. The first-order valence-corrected chi connectivity index (χ1v) is 11.2. The van der Waals surface area contributed by atoms with Gasteiger partial charge in [-0.3, -0.25) is 9.59 Å². The highest BCUT2D eigenvalue weighted by Gasteiger charge is 2.77. The maximum Gasteiger partial charge on any atom is 0.193 e. The number of halogens is 1. The first-order valence-electron chi connectivity index (χ1n) is 11.2. The Hall–Kier alpha value is -1.41. The van der Waals surface area contributed by atoms with Crippen LogP contribution >= 0.6 is 0 Å². The van der Waals surface area contributed by atoms with E-state index in [1.54, 1.807) is 19.9 Å². The van der Waals surface area contributed by atoms with Gasteiger partial charge in [-0.1, -0.05) is 19.9 Å². The van der Waals surface area contributed by atoms with Gasteiger partial charge in [-0.05, 0) is 62.7 Å². The Bertz CT molecular complexity index is 910. The summed E-state index contributed by atoms with van der Waals surface area (Å²) in [6, 6.07) is 0. The zero-order chi connectivity index (χ0) is 22.6. The van der Waals surface area contributed by atoms with E-state index in [2.05, 4.69) is 0 Å². The third kappa shape index (κ3) is 2.52. The molecule has 1 aliphatic heterocycles. The van der Waals surface area contributed by atoms with Crippen LogP contribution in [-0.2, 0) is 19.1 Å². The molecule has 0 aromatic carbocycles. The van der Waals surface area contributed by atoms with E-state index < -0.39 is 53.0 Å². The van der Waals surface area contributed by atoms with Gasteiger partial charge in [0.1, 0.15) is 12.8 Å². The molecule has 2 unspecified atom stereocenters. The van der Waals surface area contributed by atoms with Gasteiger partial charge in [0.05, 0.1) is 12.2 Å². The van der Waals surface area contributed by atoms with E-state index >= 15 is 4.39 Å². The molecule has 31 heavy (non-hydrogen) atoms. The van der Waals surface area contributed by atoms with Crippen LogP contribution in [0.4, 0.5) is 4.39 Å². The summed E-state index contributed by atoms with van der Waals surface area (Å²) >= 11 is 0. The number of alkyl halides is 1. The number of ether oxygens (including phenoxy) is 2. The first kappa shape index (κ1) is 21.4. The van der Waals surface area contributed by atoms with Crippen molar-refractivity contribution in [3.63, 3.8) is 0 Å². The van der Waals surface area contributed by atoms with Gasteiger partial charge in [0.15, 0.2) is 23.0 Å². The lowest BCUT2D eigenvalue weighted by atomic mass is 9.46. The summed E-state index contributed by atoms with van der Waals surface area (Å²) in [6.45, 7) is 6.65. The van der Waals surface area contributed by atoms with Crippen LogP contribution in [0.25, 0.3) is 0 Å². The number of hydrogen-bond donors (Lipinski definition) is 2. The van der Waals surface area contributed by atoms with Gasteiger partial charge in [-0.25, -0.2) is 4.39 Å². The molecule has 0 spiro atoms. The predicted molar refractivity (Wildman–Crippen MR) is 109 cm³/mol. The highest BCUT2D eigenvalue weighted by atomic mass is 19.1. The second-order valence-electron chi connectivity index (χ2n) is 11.0. The number of aliphatic hydroxyl groups is 2. The summed E-state index contributed by atoms with van der Waals surface area (Å²) in [6.07, 6.45) is 2.90. The lowest BCUT2D eigenvalue weighted by molar-refractivity contribution is -0.226. The lowest BCUT2D eigenvalue weighted by Gasteiger charge is -2.60. The van der Waals surface area contributed by atoms with Crippen molar-refractivity contribution in [3.05, 3.63) is 23.8 Å². The number of aliphatic hydroxyl groups excluding tert-OH is 2. The van der Waals surface area contributed by atoms with Crippen LogP contribution in [0.5, 0.6) is 0 Å². The lowest BCUT2D eigenvalue weighted by Crippen LogP contribution is -2.64. The number of ketones is 2. The fourth-order valence-corrected chi connectivity index (χ4v) is 8.05. The number of allylic oxidation sites excluding steroid dienone is 4. The largest absolute Gasteiger partial charge is 0.393 e. The molecule has 3 saturated carbocycles. The number of hydrogen-bond acceptors (Lipinski definition) is 6. The monoisotopic (exact) mass is 434 g/mol. The predicted octanol–water partition coefficient (Wildman–Crippen LogP) is 2.27. The summed E-state index contributed by atoms with van der Waals surface area (Å²) in [5.74, 6) is -2.28. The summed E-state index contributed by atoms with van der Waals surface area (Å²) < 4.78 is 27.9. The highest BCUT2D eigenvalue weighted by molar-refractivity contribution is 6.01. The van der Waals surface area contributed by atoms with Gasteiger partial charge in [0.2, 0.25) is 0 Å². The quantitative estimate of drug-likeness (QED) is 0.693. The fraction of sp³-hybridized carbons (Fsp3) is 0.750. The fourth-order valence-electron chi connectivity index (χ4n) is 8.05. The maximum absolute atomic E-state index is 15.4. The minimum atomic E-state index is -1.37. The van der Waals surface area contributed by atoms with E-state index in [0.717, 1.165) is 0 Å². The van der Waals surface area contributed by atoms with Gasteiger partial charge in [-0.2, -0.15) is 0 Å². The van der Waals surface area contributed by atoms with Crippen molar-refractivity contribution >= 4 is 11.6 Å². The Morgan fingerprint density at radius 1 is 1.26 bits per heavy atom. The molecule has 170 valence electrons. The number of carbonyl (C=O) groups is 2. The highest BCUT2D eigenvalue weighted by Crippen LogP contribution is 2.70. The van der Waals surface area contributed by atoms with Crippen molar-refractivity contribution in [2.45, 2.75) is 76.7 Å². The first-order chi connectivity index (χ1) is 14.4. The zero-order valence-corrected chi connectivity index (χ0v) is 18.4. The van der Waals surface area contributed by atoms with E-state index in [4.69, 9.17) is 9.47 Å². The summed E-state index contributed by atoms with van der Waals surface area (Å²) in [4.78, 5) is 25.1. The molecular formula is C24H31FO6. The minimum absolute atomic E-state index is 0.125. The molecule has 1 heterocycles. The van der Waals surface area contributed by atoms with Crippen molar-refractivity contribution in [1.82, 2.24) is 0 Å². The molecule has 0 radical (unpaired) electrons. The second kappa shape index (κ2) is 6.34. The van der Waals surface area contributed by atoms with Crippen LogP contribution in [0.3, 0.4) is 0 Å². The summed E-state index contributed by atoms with van der Waals surface area (Å²) in [7, 11) is 0. The number of carbonyl (C=O) groups excluding carboxylic acids is 2. The van der Waals surface area contributed by atoms with Gasteiger partial charge < -0.3 is 19.7 Å². The molecule has 0 aromatic heterocycles. The van der Waals surface area contributed by atoms with Crippen molar-refractivity contribution in [2.75, 3.05) is 6.61 Å².